The highest BCUT2D eigenvalue weighted by Gasteiger charge is 2.35. The van der Waals surface area contributed by atoms with Crippen LogP contribution in [0, 0.1) is 6.92 Å². The van der Waals surface area contributed by atoms with Crippen LogP contribution in [0.15, 0.2) is 42.7 Å². The van der Waals surface area contributed by atoms with Gasteiger partial charge in [-0.15, -0.1) is 0 Å². The van der Waals surface area contributed by atoms with Crippen molar-refractivity contribution in [2.24, 2.45) is 0 Å². The number of nitrogens with zero attached hydrogens (tertiary/aromatic N) is 5. The van der Waals surface area contributed by atoms with Crippen molar-refractivity contribution < 1.29 is 14.3 Å². The molecule has 33 heavy (non-hydrogen) atoms. The van der Waals surface area contributed by atoms with Crippen molar-refractivity contribution in [1.29, 1.82) is 0 Å². The van der Waals surface area contributed by atoms with Crippen LogP contribution in [0.1, 0.15) is 57.7 Å². The first-order chi connectivity index (χ1) is 16.1. The average Bonchev–Trinajstić information content (AvgIpc) is 2.88. The Bertz CT molecular complexity index is 1190. The van der Waals surface area contributed by atoms with Crippen LogP contribution in [0.5, 0.6) is 0 Å². The second kappa shape index (κ2) is 9.23. The molecule has 2 aliphatic heterocycles. The minimum Gasteiger partial charge on any atom is -0.378 e. The molecule has 0 spiro atoms. The van der Waals surface area contributed by atoms with Gasteiger partial charge in [-0.1, -0.05) is 24.3 Å². The molecule has 8 nitrogen and oxygen atoms in total. The summed E-state index contributed by atoms with van der Waals surface area (Å²) in [7, 11) is 0. The largest absolute Gasteiger partial charge is 0.378 e. The third-order valence-corrected chi connectivity index (χ3v) is 6.42. The highest BCUT2D eigenvalue weighted by Crippen LogP contribution is 2.34. The number of aromatic nitrogens is 3. The van der Waals surface area contributed by atoms with Crippen molar-refractivity contribution in [1.82, 2.24) is 24.8 Å². The molecule has 4 heterocycles. The van der Waals surface area contributed by atoms with Crippen LogP contribution in [0.4, 0.5) is 0 Å². The number of likely N-dealkylation sites (tertiary alicyclic amines) is 1. The third-order valence-electron chi connectivity index (χ3n) is 6.42. The lowest BCUT2D eigenvalue weighted by molar-refractivity contribution is 0.0297. The second-order valence-electron chi connectivity index (χ2n) is 8.51. The molecule has 2 saturated heterocycles. The number of aryl methyl sites for hydroxylation is 1. The molecule has 2 aliphatic rings. The Hall–Kier alpha value is -3.39. The first kappa shape index (κ1) is 21.5. The van der Waals surface area contributed by atoms with Crippen molar-refractivity contribution in [3.05, 3.63) is 65.5 Å². The molecule has 2 fully saturated rings. The molecule has 5 rings (SSSR count). The molecule has 0 radical (unpaired) electrons. The number of morpholine rings is 1. The molecule has 8 heteroatoms. The molecular weight excluding hydrogens is 418 g/mol. The number of benzene rings is 1. The molecule has 0 aliphatic carbocycles. The molecule has 0 unspecified atom stereocenters. The van der Waals surface area contributed by atoms with Gasteiger partial charge >= 0.3 is 0 Å². The molecule has 1 atom stereocenters. The number of piperidine rings is 1. The molecule has 0 saturated carbocycles. The molecule has 0 N–H and O–H groups in total. The van der Waals surface area contributed by atoms with Gasteiger partial charge in [0.05, 0.1) is 30.5 Å². The van der Waals surface area contributed by atoms with Gasteiger partial charge in [-0.05, 0) is 37.6 Å². The number of amides is 2. The zero-order valence-corrected chi connectivity index (χ0v) is 18.7. The fourth-order valence-corrected chi connectivity index (χ4v) is 4.73. The Morgan fingerprint density at radius 1 is 1.00 bits per heavy atom. The van der Waals surface area contributed by atoms with Gasteiger partial charge in [0.15, 0.2) is 0 Å². The zero-order chi connectivity index (χ0) is 22.8. The van der Waals surface area contributed by atoms with E-state index in [0.717, 1.165) is 30.0 Å². The van der Waals surface area contributed by atoms with Gasteiger partial charge in [0.1, 0.15) is 11.5 Å². The molecule has 2 aromatic heterocycles. The fourth-order valence-electron chi connectivity index (χ4n) is 4.73. The van der Waals surface area contributed by atoms with E-state index in [1.807, 2.05) is 42.2 Å². The maximum absolute atomic E-state index is 13.8. The van der Waals surface area contributed by atoms with E-state index in [1.54, 1.807) is 17.3 Å². The van der Waals surface area contributed by atoms with E-state index < -0.39 is 0 Å². The highest BCUT2D eigenvalue weighted by atomic mass is 16.5. The van der Waals surface area contributed by atoms with Crippen LogP contribution in [-0.4, -0.2) is 69.4 Å². The van der Waals surface area contributed by atoms with Crippen LogP contribution in [0.2, 0.25) is 0 Å². The van der Waals surface area contributed by atoms with Crippen LogP contribution in [0.25, 0.3) is 10.8 Å². The number of pyridine rings is 1. The molecule has 3 aromatic rings. The maximum Gasteiger partial charge on any atom is 0.273 e. The average molecular weight is 446 g/mol. The quantitative estimate of drug-likeness (QED) is 0.615. The van der Waals surface area contributed by atoms with Gasteiger partial charge in [-0.2, -0.15) is 0 Å². The van der Waals surface area contributed by atoms with Crippen molar-refractivity contribution >= 4 is 22.6 Å². The van der Waals surface area contributed by atoms with E-state index in [1.165, 1.54) is 0 Å². The predicted octanol–water partition coefficient (Wildman–Crippen LogP) is 3.17. The lowest BCUT2D eigenvalue weighted by atomic mass is 9.95. The number of fused-ring (bicyclic) bond motifs is 1. The van der Waals surface area contributed by atoms with E-state index in [9.17, 15) is 9.59 Å². The van der Waals surface area contributed by atoms with Crippen LogP contribution in [-0.2, 0) is 4.74 Å². The van der Waals surface area contributed by atoms with Crippen molar-refractivity contribution in [2.75, 3.05) is 32.8 Å². The SMILES string of the molecule is Cc1ncc(C(=O)N2CCOCC2)c([C@@H]2CCCCN2C(=O)c2nccc3ccccc23)n1. The standard InChI is InChI=1S/C25H27N5O3/c1-17-27-16-20(24(31)29-12-14-33-15-13-29)22(28-17)21-8-4-5-11-30(21)25(32)23-19-7-3-2-6-18(19)9-10-26-23/h2-3,6-7,9-10,16,21H,4-5,8,11-15H2,1H3/t21-/m0/s1. The van der Waals surface area contributed by atoms with Crippen LogP contribution >= 0.6 is 0 Å². The number of ether oxygens (including phenoxy) is 1. The van der Waals surface area contributed by atoms with Crippen LogP contribution in [0.3, 0.4) is 0 Å². The Morgan fingerprint density at radius 2 is 1.82 bits per heavy atom. The lowest BCUT2D eigenvalue weighted by Gasteiger charge is -2.36. The van der Waals surface area contributed by atoms with Gasteiger partial charge in [-0.3, -0.25) is 14.6 Å². The number of carbonyl (C=O) groups excluding carboxylic acids is 2. The smallest absolute Gasteiger partial charge is 0.273 e. The Balaban J connectivity index is 1.53. The summed E-state index contributed by atoms with van der Waals surface area (Å²) in [6, 6.07) is 9.39. The zero-order valence-electron chi connectivity index (χ0n) is 18.7. The van der Waals surface area contributed by atoms with Crippen molar-refractivity contribution in [2.45, 2.75) is 32.2 Å². The van der Waals surface area contributed by atoms with E-state index in [4.69, 9.17) is 9.72 Å². The summed E-state index contributed by atoms with van der Waals surface area (Å²) >= 11 is 0. The predicted molar refractivity (Wildman–Crippen MR) is 123 cm³/mol. The normalized spacial score (nSPS) is 19.0. The Morgan fingerprint density at radius 3 is 2.67 bits per heavy atom. The van der Waals surface area contributed by atoms with E-state index in [2.05, 4.69) is 9.97 Å². The van der Waals surface area contributed by atoms with Crippen molar-refractivity contribution in [3.63, 3.8) is 0 Å². The van der Waals surface area contributed by atoms with Crippen molar-refractivity contribution in [3.8, 4) is 0 Å². The highest BCUT2D eigenvalue weighted by molar-refractivity contribution is 6.05. The summed E-state index contributed by atoms with van der Waals surface area (Å²) in [4.78, 5) is 44.2. The van der Waals surface area contributed by atoms with E-state index in [0.29, 0.717) is 55.6 Å². The van der Waals surface area contributed by atoms with E-state index >= 15 is 0 Å². The minimum atomic E-state index is -0.297. The molecule has 1 aromatic carbocycles. The summed E-state index contributed by atoms with van der Waals surface area (Å²) in [5, 5.41) is 1.81. The van der Waals surface area contributed by atoms with Gasteiger partial charge in [0.25, 0.3) is 11.8 Å². The topological polar surface area (TPSA) is 88.5 Å². The van der Waals surface area contributed by atoms with E-state index in [-0.39, 0.29) is 17.9 Å². The lowest BCUT2D eigenvalue weighted by Crippen LogP contribution is -2.43. The molecule has 170 valence electrons. The summed E-state index contributed by atoms with van der Waals surface area (Å²) in [6.45, 7) is 4.54. The van der Waals surface area contributed by atoms with Gasteiger partial charge in [-0.25, -0.2) is 9.97 Å². The summed E-state index contributed by atoms with van der Waals surface area (Å²) in [6.07, 6.45) is 5.91. The van der Waals surface area contributed by atoms with Gasteiger partial charge in [0, 0.05) is 37.4 Å². The summed E-state index contributed by atoms with van der Waals surface area (Å²) in [5.74, 6) is 0.358. The van der Waals surface area contributed by atoms with Gasteiger partial charge < -0.3 is 14.5 Å². The Labute approximate surface area is 192 Å². The fraction of sp³-hybridized carbons (Fsp3) is 0.400. The first-order valence-electron chi connectivity index (χ1n) is 11.5. The monoisotopic (exact) mass is 445 g/mol. The summed E-state index contributed by atoms with van der Waals surface area (Å²) < 4.78 is 5.40. The Kier molecular flexibility index (Phi) is 6.00. The summed E-state index contributed by atoms with van der Waals surface area (Å²) in [5.41, 5.74) is 1.54. The second-order valence-corrected chi connectivity index (χ2v) is 8.51. The number of rotatable bonds is 3. The third kappa shape index (κ3) is 4.18. The minimum absolute atomic E-state index is 0.102. The number of carbonyl (C=O) groups is 2. The number of hydrogen-bond acceptors (Lipinski definition) is 6. The van der Waals surface area contributed by atoms with Gasteiger partial charge in [0.2, 0.25) is 0 Å². The number of hydrogen-bond donors (Lipinski definition) is 0. The molecule has 0 bridgehead atoms. The maximum atomic E-state index is 13.8. The molecule has 2 amide bonds. The van der Waals surface area contributed by atoms with Crippen LogP contribution < -0.4 is 0 Å². The first-order valence-corrected chi connectivity index (χ1v) is 11.5. The molecular formula is C25H27N5O3.